The molecule has 0 aromatic rings. The van der Waals surface area contributed by atoms with E-state index in [4.69, 9.17) is 0 Å². The molecule has 15 heavy (non-hydrogen) atoms. The minimum absolute atomic E-state index is 0.731. The van der Waals surface area contributed by atoms with Gasteiger partial charge in [-0.25, -0.2) is 0 Å². The molecule has 0 bridgehead atoms. The lowest BCUT2D eigenvalue weighted by Gasteiger charge is -2.34. The van der Waals surface area contributed by atoms with Gasteiger partial charge in [-0.1, -0.05) is 0 Å². The molecule has 2 aliphatic heterocycles. The van der Waals surface area contributed by atoms with Gasteiger partial charge in [0.1, 0.15) is 0 Å². The Balaban J connectivity index is 1.73. The summed E-state index contributed by atoms with van der Waals surface area (Å²) in [6.07, 6.45) is 6.66. The van der Waals surface area contributed by atoms with Crippen LogP contribution < -0.4 is 0 Å². The minimum atomic E-state index is 0.731. The Bertz CT molecular complexity index is 225. The van der Waals surface area contributed by atoms with Gasteiger partial charge in [0, 0.05) is 18.3 Å². The molecule has 0 saturated carbocycles. The first-order valence-electron chi connectivity index (χ1n) is 6.52. The van der Waals surface area contributed by atoms with Crippen LogP contribution in [0.15, 0.2) is 4.99 Å². The van der Waals surface area contributed by atoms with Crippen molar-refractivity contribution in [3.05, 3.63) is 0 Å². The number of aliphatic imine (C=N–C) groups is 1. The van der Waals surface area contributed by atoms with E-state index in [0.29, 0.717) is 0 Å². The number of rotatable bonds is 3. The first-order valence-corrected chi connectivity index (χ1v) is 6.52. The van der Waals surface area contributed by atoms with Gasteiger partial charge in [-0.15, -0.1) is 0 Å². The van der Waals surface area contributed by atoms with Gasteiger partial charge in [0.15, 0.2) is 0 Å². The van der Waals surface area contributed by atoms with Crippen LogP contribution in [-0.4, -0.2) is 36.3 Å². The van der Waals surface area contributed by atoms with Gasteiger partial charge in [0.2, 0.25) is 0 Å². The lowest BCUT2D eigenvalue weighted by atomic mass is 9.90. The molecular formula is C13H24N2. The third kappa shape index (κ3) is 3.04. The summed E-state index contributed by atoms with van der Waals surface area (Å²) >= 11 is 0. The Labute approximate surface area is 93.8 Å². The largest absolute Gasteiger partial charge is 0.301 e. The van der Waals surface area contributed by atoms with Crippen LogP contribution in [0.25, 0.3) is 0 Å². The quantitative estimate of drug-likeness (QED) is 0.696. The molecule has 0 N–H and O–H groups in total. The van der Waals surface area contributed by atoms with Gasteiger partial charge in [-0.2, -0.15) is 0 Å². The molecule has 0 aliphatic carbocycles. The zero-order valence-electron chi connectivity index (χ0n) is 10.2. The molecule has 2 aliphatic rings. The maximum absolute atomic E-state index is 4.59. The number of nitrogens with zero attached hydrogens (tertiary/aromatic N) is 2. The highest BCUT2D eigenvalue weighted by Gasteiger charge is 2.22. The van der Waals surface area contributed by atoms with Crippen LogP contribution in [0.3, 0.4) is 0 Å². The molecular weight excluding hydrogens is 184 g/mol. The number of piperidine rings is 1. The van der Waals surface area contributed by atoms with Crippen molar-refractivity contribution in [3.63, 3.8) is 0 Å². The van der Waals surface area contributed by atoms with Crippen molar-refractivity contribution in [2.24, 2.45) is 10.9 Å². The molecule has 86 valence electrons. The summed E-state index contributed by atoms with van der Waals surface area (Å²) in [4.78, 5) is 7.19. The number of likely N-dealkylation sites (tertiary alicyclic amines) is 1. The van der Waals surface area contributed by atoms with Crippen molar-refractivity contribution >= 4 is 5.71 Å². The lowest BCUT2D eigenvalue weighted by Crippen LogP contribution is -2.38. The van der Waals surface area contributed by atoms with Gasteiger partial charge in [0.25, 0.3) is 0 Å². The highest BCUT2D eigenvalue weighted by molar-refractivity contribution is 5.85. The van der Waals surface area contributed by atoms with Crippen LogP contribution in [0.2, 0.25) is 0 Å². The van der Waals surface area contributed by atoms with Crippen LogP contribution >= 0.6 is 0 Å². The summed E-state index contributed by atoms with van der Waals surface area (Å²) in [6, 6.07) is 0.731. The zero-order valence-corrected chi connectivity index (χ0v) is 10.2. The highest BCUT2D eigenvalue weighted by atomic mass is 15.1. The summed E-state index contributed by atoms with van der Waals surface area (Å²) in [7, 11) is 0. The maximum Gasteiger partial charge on any atom is 0.0392 e. The highest BCUT2D eigenvalue weighted by Crippen LogP contribution is 2.24. The van der Waals surface area contributed by atoms with Crippen molar-refractivity contribution in [2.45, 2.75) is 52.0 Å². The average Bonchev–Trinajstić information content (AvgIpc) is 2.71. The van der Waals surface area contributed by atoms with Gasteiger partial charge in [0.05, 0.1) is 0 Å². The monoisotopic (exact) mass is 208 g/mol. The molecule has 0 spiro atoms. The second kappa shape index (κ2) is 5.11. The third-order valence-corrected chi connectivity index (χ3v) is 3.86. The molecule has 0 unspecified atom stereocenters. The Hall–Kier alpha value is -0.370. The molecule has 2 heteroatoms. The topological polar surface area (TPSA) is 15.6 Å². The first-order chi connectivity index (χ1) is 7.25. The molecule has 0 aromatic carbocycles. The maximum atomic E-state index is 4.59. The van der Waals surface area contributed by atoms with Crippen LogP contribution in [0.4, 0.5) is 0 Å². The van der Waals surface area contributed by atoms with E-state index in [1.54, 1.807) is 0 Å². The van der Waals surface area contributed by atoms with E-state index in [-0.39, 0.29) is 0 Å². The molecule has 0 radical (unpaired) electrons. The number of hydrogen-bond donors (Lipinski definition) is 0. The van der Waals surface area contributed by atoms with Crippen LogP contribution in [0.5, 0.6) is 0 Å². The molecule has 1 fully saturated rings. The van der Waals surface area contributed by atoms with E-state index in [2.05, 4.69) is 23.7 Å². The van der Waals surface area contributed by atoms with Crippen molar-refractivity contribution in [1.82, 2.24) is 4.90 Å². The van der Waals surface area contributed by atoms with Gasteiger partial charge >= 0.3 is 0 Å². The average molecular weight is 208 g/mol. The van der Waals surface area contributed by atoms with Crippen molar-refractivity contribution in [1.29, 1.82) is 0 Å². The molecule has 2 nitrogen and oxygen atoms in total. The van der Waals surface area contributed by atoms with Crippen molar-refractivity contribution < 1.29 is 0 Å². The van der Waals surface area contributed by atoms with Crippen LogP contribution in [-0.2, 0) is 0 Å². The molecule has 0 atom stereocenters. The summed E-state index contributed by atoms with van der Waals surface area (Å²) in [5, 5.41) is 0. The van der Waals surface area contributed by atoms with Crippen LogP contribution in [0, 0.1) is 5.92 Å². The summed E-state index contributed by atoms with van der Waals surface area (Å²) in [5.74, 6) is 0.928. The fourth-order valence-corrected chi connectivity index (χ4v) is 2.77. The molecule has 0 amide bonds. The third-order valence-electron chi connectivity index (χ3n) is 3.86. The summed E-state index contributed by atoms with van der Waals surface area (Å²) < 4.78 is 0. The van der Waals surface area contributed by atoms with Gasteiger partial charge < -0.3 is 4.90 Å². The van der Waals surface area contributed by atoms with Gasteiger partial charge in [-0.3, -0.25) is 4.99 Å². The van der Waals surface area contributed by atoms with E-state index in [0.717, 1.165) is 18.5 Å². The Morgan fingerprint density at radius 2 is 2.07 bits per heavy atom. The molecule has 2 heterocycles. The van der Waals surface area contributed by atoms with Crippen molar-refractivity contribution in [3.8, 4) is 0 Å². The fourth-order valence-electron chi connectivity index (χ4n) is 2.77. The molecule has 1 saturated heterocycles. The Morgan fingerprint density at radius 1 is 1.33 bits per heavy atom. The van der Waals surface area contributed by atoms with Crippen LogP contribution in [0.1, 0.15) is 46.0 Å². The van der Waals surface area contributed by atoms with E-state index in [1.807, 2.05) is 0 Å². The first kappa shape index (κ1) is 11.1. The van der Waals surface area contributed by atoms with Crippen molar-refractivity contribution in [2.75, 3.05) is 19.6 Å². The minimum Gasteiger partial charge on any atom is -0.301 e. The van der Waals surface area contributed by atoms with E-state index in [1.165, 1.54) is 50.9 Å². The standard InChI is InChI=1S/C13H24N2/c1-11(2)15-8-5-12(6-9-15)10-13-4-3-7-14-13/h11-12H,3-10H2,1-2H3. The summed E-state index contributed by atoms with van der Waals surface area (Å²) in [5.41, 5.74) is 1.51. The lowest BCUT2D eigenvalue weighted by molar-refractivity contribution is 0.152. The predicted octanol–water partition coefficient (Wildman–Crippen LogP) is 2.73. The van der Waals surface area contributed by atoms with E-state index in [9.17, 15) is 0 Å². The smallest absolute Gasteiger partial charge is 0.0392 e. The number of hydrogen-bond acceptors (Lipinski definition) is 2. The Kier molecular flexibility index (Phi) is 3.79. The second-order valence-corrected chi connectivity index (χ2v) is 5.33. The van der Waals surface area contributed by atoms with Gasteiger partial charge in [-0.05, 0) is 65.0 Å². The second-order valence-electron chi connectivity index (χ2n) is 5.33. The summed E-state index contributed by atoms with van der Waals surface area (Å²) in [6.45, 7) is 8.31. The normalized spacial score (nSPS) is 24.9. The molecule has 2 rings (SSSR count). The predicted molar refractivity (Wildman–Crippen MR) is 65.6 cm³/mol. The van der Waals surface area contributed by atoms with E-state index < -0.39 is 0 Å². The van der Waals surface area contributed by atoms with E-state index >= 15 is 0 Å². The fraction of sp³-hybridized carbons (Fsp3) is 0.923. The zero-order chi connectivity index (χ0) is 10.7. The Morgan fingerprint density at radius 3 is 2.60 bits per heavy atom. The SMILES string of the molecule is CC(C)N1CCC(CC2=NCCC2)CC1. The molecule has 0 aromatic heterocycles.